The summed E-state index contributed by atoms with van der Waals surface area (Å²) in [6.07, 6.45) is 1.71. The molecule has 0 aliphatic rings. The van der Waals surface area contributed by atoms with Gasteiger partial charge in [-0.1, -0.05) is 30.3 Å². The van der Waals surface area contributed by atoms with Crippen molar-refractivity contribution in [2.75, 3.05) is 10.6 Å². The van der Waals surface area contributed by atoms with E-state index in [9.17, 15) is 14.3 Å². The molecule has 3 rings (SSSR count). The van der Waals surface area contributed by atoms with Crippen molar-refractivity contribution >= 4 is 23.1 Å². The zero-order chi connectivity index (χ0) is 18.4. The first-order valence-corrected chi connectivity index (χ1v) is 8.10. The molecule has 0 spiro atoms. The van der Waals surface area contributed by atoms with E-state index in [1.165, 1.54) is 12.1 Å². The highest BCUT2D eigenvalue weighted by Gasteiger charge is 2.07. The number of aliphatic hydroxyl groups excluding tert-OH is 1. The molecule has 0 unspecified atom stereocenters. The highest BCUT2D eigenvalue weighted by Crippen LogP contribution is 2.22. The number of aromatic nitrogens is 1. The van der Waals surface area contributed by atoms with Gasteiger partial charge in [0.1, 0.15) is 11.6 Å². The summed E-state index contributed by atoms with van der Waals surface area (Å²) in [7, 11) is 0. The standard InChI is InChI=1S/C20H18FN3O2/c21-16-7-5-14(6-8-16)11-20(26)24-19-12-17(9-10-22-19)23-18-4-2-1-3-15(18)13-25/h1-10,12,25H,11,13H2,(H2,22,23,24,26). The molecule has 0 aliphatic heterocycles. The molecule has 1 amide bonds. The fourth-order valence-corrected chi connectivity index (χ4v) is 2.49. The van der Waals surface area contributed by atoms with E-state index < -0.39 is 0 Å². The SMILES string of the molecule is O=C(Cc1ccc(F)cc1)Nc1cc(Nc2ccccc2CO)ccn1. The fraction of sp³-hybridized carbons (Fsp3) is 0.100. The smallest absolute Gasteiger partial charge is 0.229 e. The molecular weight excluding hydrogens is 333 g/mol. The van der Waals surface area contributed by atoms with Gasteiger partial charge in [0.15, 0.2) is 0 Å². The van der Waals surface area contributed by atoms with Gasteiger partial charge in [-0.25, -0.2) is 9.37 Å². The predicted octanol–water partition coefficient (Wildman–Crippen LogP) is 3.64. The lowest BCUT2D eigenvalue weighted by atomic mass is 10.1. The number of hydrogen-bond donors (Lipinski definition) is 3. The number of anilines is 3. The molecule has 2 aromatic carbocycles. The minimum Gasteiger partial charge on any atom is -0.392 e. The first-order valence-electron chi connectivity index (χ1n) is 8.10. The Morgan fingerprint density at radius 2 is 1.85 bits per heavy atom. The van der Waals surface area contributed by atoms with Gasteiger partial charge >= 0.3 is 0 Å². The number of benzene rings is 2. The normalized spacial score (nSPS) is 10.4. The molecule has 0 aliphatic carbocycles. The van der Waals surface area contributed by atoms with Crippen LogP contribution in [0.15, 0.2) is 66.9 Å². The summed E-state index contributed by atoms with van der Waals surface area (Å²) in [5.41, 5.74) is 3.00. The van der Waals surface area contributed by atoms with Crippen LogP contribution in [-0.2, 0) is 17.8 Å². The van der Waals surface area contributed by atoms with Gasteiger partial charge in [-0.15, -0.1) is 0 Å². The summed E-state index contributed by atoms with van der Waals surface area (Å²) in [6.45, 7) is -0.0739. The van der Waals surface area contributed by atoms with E-state index in [0.29, 0.717) is 5.82 Å². The van der Waals surface area contributed by atoms with Gasteiger partial charge in [-0.2, -0.15) is 0 Å². The van der Waals surface area contributed by atoms with Crippen molar-refractivity contribution in [3.05, 3.63) is 83.8 Å². The van der Waals surface area contributed by atoms with E-state index in [1.807, 2.05) is 24.3 Å². The van der Waals surface area contributed by atoms with E-state index >= 15 is 0 Å². The molecule has 3 N–H and O–H groups in total. The topological polar surface area (TPSA) is 74.2 Å². The van der Waals surface area contributed by atoms with Crippen molar-refractivity contribution < 1.29 is 14.3 Å². The third kappa shape index (κ3) is 4.64. The minimum absolute atomic E-state index is 0.0739. The Morgan fingerprint density at radius 1 is 1.08 bits per heavy atom. The number of rotatable bonds is 6. The lowest BCUT2D eigenvalue weighted by Gasteiger charge is -2.11. The van der Waals surface area contributed by atoms with Crippen LogP contribution in [0, 0.1) is 5.82 Å². The monoisotopic (exact) mass is 351 g/mol. The van der Waals surface area contributed by atoms with Crippen LogP contribution >= 0.6 is 0 Å². The Bertz CT molecular complexity index is 898. The van der Waals surface area contributed by atoms with E-state index in [-0.39, 0.29) is 24.8 Å². The van der Waals surface area contributed by atoms with E-state index in [0.717, 1.165) is 22.5 Å². The highest BCUT2D eigenvalue weighted by atomic mass is 19.1. The zero-order valence-corrected chi connectivity index (χ0v) is 13.9. The van der Waals surface area contributed by atoms with Crippen LogP contribution in [0.3, 0.4) is 0 Å². The van der Waals surface area contributed by atoms with Crippen LogP contribution in [0.25, 0.3) is 0 Å². The third-order valence-corrected chi connectivity index (χ3v) is 3.77. The maximum Gasteiger partial charge on any atom is 0.229 e. The second-order valence-corrected chi connectivity index (χ2v) is 5.72. The van der Waals surface area contributed by atoms with E-state index in [1.54, 1.807) is 30.5 Å². The van der Waals surface area contributed by atoms with Crippen molar-refractivity contribution in [1.29, 1.82) is 0 Å². The zero-order valence-electron chi connectivity index (χ0n) is 13.9. The van der Waals surface area contributed by atoms with Crippen LogP contribution in [0.5, 0.6) is 0 Å². The average Bonchev–Trinajstić information content (AvgIpc) is 2.64. The number of aliphatic hydroxyl groups is 1. The van der Waals surface area contributed by atoms with Crippen LogP contribution < -0.4 is 10.6 Å². The first-order chi connectivity index (χ1) is 12.6. The molecule has 3 aromatic rings. The van der Waals surface area contributed by atoms with Gasteiger partial charge in [0, 0.05) is 29.2 Å². The van der Waals surface area contributed by atoms with Gasteiger partial charge in [0.25, 0.3) is 0 Å². The molecule has 0 radical (unpaired) electrons. The average molecular weight is 351 g/mol. The number of halogens is 1. The fourth-order valence-electron chi connectivity index (χ4n) is 2.49. The van der Waals surface area contributed by atoms with E-state index in [4.69, 9.17) is 0 Å². The molecule has 5 nitrogen and oxygen atoms in total. The van der Waals surface area contributed by atoms with Crippen molar-refractivity contribution in [3.63, 3.8) is 0 Å². The lowest BCUT2D eigenvalue weighted by Crippen LogP contribution is -2.15. The number of para-hydroxylation sites is 1. The predicted molar refractivity (Wildman–Crippen MR) is 98.6 cm³/mol. The van der Waals surface area contributed by atoms with Gasteiger partial charge in [-0.3, -0.25) is 4.79 Å². The van der Waals surface area contributed by atoms with Crippen molar-refractivity contribution in [2.45, 2.75) is 13.0 Å². The third-order valence-electron chi connectivity index (χ3n) is 3.77. The summed E-state index contributed by atoms with van der Waals surface area (Å²) in [5.74, 6) is -0.168. The molecule has 0 saturated heterocycles. The molecule has 1 heterocycles. The molecule has 0 fully saturated rings. The number of carbonyl (C=O) groups excluding carboxylic acids is 1. The number of pyridine rings is 1. The molecule has 6 heteroatoms. The molecular formula is C20H18FN3O2. The van der Waals surface area contributed by atoms with Gasteiger partial charge in [0.2, 0.25) is 5.91 Å². The quantitative estimate of drug-likeness (QED) is 0.634. The van der Waals surface area contributed by atoms with Gasteiger partial charge < -0.3 is 15.7 Å². The highest BCUT2D eigenvalue weighted by molar-refractivity contribution is 5.91. The Kier molecular flexibility index (Phi) is 5.56. The summed E-state index contributed by atoms with van der Waals surface area (Å²) in [6, 6.07) is 16.7. The molecule has 132 valence electrons. The van der Waals surface area contributed by atoms with Crippen LogP contribution in [-0.4, -0.2) is 16.0 Å². The lowest BCUT2D eigenvalue weighted by molar-refractivity contribution is -0.115. The van der Waals surface area contributed by atoms with Crippen LogP contribution in [0.2, 0.25) is 0 Å². The number of hydrogen-bond acceptors (Lipinski definition) is 4. The second-order valence-electron chi connectivity index (χ2n) is 5.72. The van der Waals surface area contributed by atoms with Crippen molar-refractivity contribution in [2.24, 2.45) is 0 Å². The summed E-state index contributed by atoms with van der Waals surface area (Å²) >= 11 is 0. The number of amides is 1. The Hall–Kier alpha value is -3.25. The minimum atomic E-state index is -0.335. The summed E-state index contributed by atoms with van der Waals surface area (Å²) in [5, 5.41) is 15.3. The van der Waals surface area contributed by atoms with Crippen LogP contribution in [0.1, 0.15) is 11.1 Å². The molecule has 0 bridgehead atoms. The number of carbonyl (C=O) groups is 1. The molecule has 1 aromatic heterocycles. The second kappa shape index (κ2) is 8.22. The summed E-state index contributed by atoms with van der Waals surface area (Å²) in [4.78, 5) is 16.3. The first kappa shape index (κ1) is 17.6. The number of nitrogens with one attached hydrogen (secondary N) is 2. The van der Waals surface area contributed by atoms with Gasteiger partial charge in [0.05, 0.1) is 13.0 Å². The van der Waals surface area contributed by atoms with Crippen molar-refractivity contribution in [3.8, 4) is 0 Å². The molecule has 26 heavy (non-hydrogen) atoms. The Labute approximate surface area is 150 Å². The largest absolute Gasteiger partial charge is 0.392 e. The maximum atomic E-state index is 12.9. The van der Waals surface area contributed by atoms with E-state index in [2.05, 4.69) is 15.6 Å². The van der Waals surface area contributed by atoms with Crippen molar-refractivity contribution in [1.82, 2.24) is 4.98 Å². The molecule has 0 atom stereocenters. The number of nitrogens with zero attached hydrogens (tertiary/aromatic N) is 1. The Morgan fingerprint density at radius 3 is 2.62 bits per heavy atom. The maximum absolute atomic E-state index is 12.9. The summed E-state index contributed by atoms with van der Waals surface area (Å²) < 4.78 is 12.9. The van der Waals surface area contributed by atoms with Gasteiger partial charge in [-0.05, 0) is 29.8 Å². The Balaban J connectivity index is 1.67. The molecule has 0 saturated carbocycles. The van der Waals surface area contributed by atoms with Crippen LogP contribution in [0.4, 0.5) is 21.6 Å².